The average Bonchev–Trinajstić information content (AvgIpc) is 3.08. The fourth-order valence-corrected chi connectivity index (χ4v) is 3.81. The monoisotopic (exact) mass is 392 g/mol. The van der Waals surface area contributed by atoms with Gasteiger partial charge in [0.05, 0.1) is 5.56 Å². The molecule has 4 heteroatoms. The van der Waals surface area contributed by atoms with E-state index in [1.54, 1.807) is 36.4 Å². The summed E-state index contributed by atoms with van der Waals surface area (Å²) in [5.41, 5.74) is 3.52. The van der Waals surface area contributed by atoms with E-state index in [4.69, 9.17) is 4.74 Å². The number of benzene rings is 4. The maximum Gasteiger partial charge on any atom is 0.338 e. The van der Waals surface area contributed by atoms with Gasteiger partial charge in [0.1, 0.15) is 0 Å². The number of rotatable bonds is 4. The van der Waals surface area contributed by atoms with Gasteiger partial charge in [-0.1, -0.05) is 60.7 Å². The lowest BCUT2D eigenvalue weighted by atomic mass is 10.0. The highest BCUT2D eigenvalue weighted by Crippen LogP contribution is 2.36. The van der Waals surface area contributed by atoms with E-state index in [2.05, 4.69) is 0 Å². The van der Waals surface area contributed by atoms with E-state index in [0.29, 0.717) is 27.8 Å². The second-order valence-electron chi connectivity index (χ2n) is 7.20. The van der Waals surface area contributed by atoms with Gasteiger partial charge in [-0.2, -0.15) is 0 Å². The Balaban J connectivity index is 1.34. The van der Waals surface area contributed by atoms with Crippen molar-refractivity contribution in [1.29, 1.82) is 0 Å². The van der Waals surface area contributed by atoms with E-state index in [1.165, 1.54) is 0 Å². The molecule has 0 N–H and O–H groups in total. The van der Waals surface area contributed by atoms with E-state index < -0.39 is 5.97 Å². The molecule has 144 valence electrons. The van der Waals surface area contributed by atoms with Gasteiger partial charge in [0.2, 0.25) is 0 Å². The Hall–Kier alpha value is -4.05. The van der Waals surface area contributed by atoms with Crippen molar-refractivity contribution in [3.63, 3.8) is 0 Å². The molecule has 0 fully saturated rings. The molecule has 0 unspecified atom stereocenters. The smallest absolute Gasteiger partial charge is 0.338 e. The van der Waals surface area contributed by atoms with Crippen LogP contribution in [0.1, 0.15) is 36.6 Å². The molecule has 4 aromatic rings. The number of hydrogen-bond donors (Lipinski definition) is 0. The first kappa shape index (κ1) is 18.0. The van der Waals surface area contributed by atoms with E-state index in [1.807, 2.05) is 48.5 Å². The molecule has 0 radical (unpaired) electrons. The zero-order valence-electron chi connectivity index (χ0n) is 15.9. The van der Waals surface area contributed by atoms with Crippen LogP contribution in [-0.4, -0.2) is 24.1 Å². The molecule has 4 nitrogen and oxygen atoms in total. The zero-order chi connectivity index (χ0) is 20.7. The van der Waals surface area contributed by atoms with Crippen molar-refractivity contribution in [1.82, 2.24) is 0 Å². The standard InChI is InChI=1S/C26H16O4/c27-24(18-10-9-16-5-1-2-6-17(16)13-18)15-30-26(29)19-11-12-22-23(14-19)20-7-3-4-8-21(20)25(22)28/h1-14H,15H2. The SMILES string of the molecule is O=C(COC(=O)c1ccc2c(c1)-c1ccccc1C2=O)c1ccc2ccccc2c1. The van der Waals surface area contributed by atoms with Crippen LogP contribution in [0.15, 0.2) is 84.9 Å². The Labute approximate surface area is 172 Å². The number of esters is 1. The third-order valence-corrected chi connectivity index (χ3v) is 5.37. The molecule has 5 rings (SSSR count). The minimum absolute atomic E-state index is 0.0491. The Kier molecular flexibility index (Phi) is 4.25. The van der Waals surface area contributed by atoms with E-state index in [0.717, 1.165) is 16.3 Å². The van der Waals surface area contributed by atoms with Gasteiger partial charge >= 0.3 is 5.97 Å². The first-order valence-corrected chi connectivity index (χ1v) is 9.59. The van der Waals surface area contributed by atoms with Crippen LogP contribution in [0.25, 0.3) is 21.9 Å². The molecule has 0 atom stereocenters. The topological polar surface area (TPSA) is 60.4 Å². The van der Waals surface area contributed by atoms with Crippen LogP contribution < -0.4 is 0 Å². The maximum atomic E-state index is 12.5. The van der Waals surface area contributed by atoms with Crippen LogP contribution in [0.2, 0.25) is 0 Å². The summed E-state index contributed by atoms with van der Waals surface area (Å²) in [5.74, 6) is -0.911. The van der Waals surface area contributed by atoms with E-state index >= 15 is 0 Å². The normalized spacial score (nSPS) is 11.8. The second kappa shape index (κ2) is 7.08. The summed E-state index contributed by atoms with van der Waals surface area (Å²) >= 11 is 0. The number of hydrogen-bond acceptors (Lipinski definition) is 4. The summed E-state index contributed by atoms with van der Waals surface area (Å²) in [6.07, 6.45) is 0. The minimum atomic E-state index is -0.594. The number of fused-ring (bicyclic) bond motifs is 4. The molecule has 0 saturated carbocycles. The molecular formula is C26H16O4. The lowest BCUT2D eigenvalue weighted by Crippen LogP contribution is -2.14. The van der Waals surface area contributed by atoms with Gasteiger partial charge in [0, 0.05) is 16.7 Å². The van der Waals surface area contributed by atoms with Gasteiger partial charge in [-0.3, -0.25) is 9.59 Å². The molecule has 0 heterocycles. The largest absolute Gasteiger partial charge is 0.454 e. The quantitative estimate of drug-likeness (QED) is 0.316. The Bertz CT molecular complexity index is 1350. The molecule has 0 aromatic heterocycles. The molecular weight excluding hydrogens is 376 g/mol. The molecule has 1 aliphatic rings. The van der Waals surface area contributed by atoms with Gasteiger partial charge in [0.25, 0.3) is 0 Å². The summed E-state index contributed by atoms with van der Waals surface area (Å²) < 4.78 is 5.26. The fourth-order valence-electron chi connectivity index (χ4n) is 3.81. The number of carbonyl (C=O) groups is 3. The average molecular weight is 392 g/mol. The van der Waals surface area contributed by atoms with Gasteiger partial charge in [0.15, 0.2) is 18.2 Å². The van der Waals surface area contributed by atoms with Crippen molar-refractivity contribution in [3.8, 4) is 11.1 Å². The summed E-state index contributed by atoms with van der Waals surface area (Å²) in [6, 6.07) is 25.3. The minimum Gasteiger partial charge on any atom is -0.454 e. The number of ether oxygens (including phenoxy) is 1. The molecule has 0 amide bonds. The lowest BCUT2D eigenvalue weighted by molar-refractivity contribution is 0.0475. The second-order valence-corrected chi connectivity index (χ2v) is 7.20. The van der Waals surface area contributed by atoms with Crippen molar-refractivity contribution in [2.45, 2.75) is 0 Å². The van der Waals surface area contributed by atoms with Crippen molar-refractivity contribution >= 4 is 28.3 Å². The highest BCUT2D eigenvalue weighted by atomic mass is 16.5. The van der Waals surface area contributed by atoms with Gasteiger partial charge < -0.3 is 4.74 Å². The molecule has 0 aliphatic heterocycles. The third-order valence-electron chi connectivity index (χ3n) is 5.37. The van der Waals surface area contributed by atoms with Crippen LogP contribution >= 0.6 is 0 Å². The molecule has 0 saturated heterocycles. The molecule has 1 aliphatic carbocycles. The Morgan fingerprint density at radius 1 is 0.633 bits per heavy atom. The summed E-state index contributed by atoms with van der Waals surface area (Å²) in [7, 11) is 0. The number of Topliss-reactive ketones (excluding diaryl/α,β-unsaturated/α-hetero) is 1. The van der Waals surface area contributed by atoms with E-state index in [9.17, 15) is 14.4 Å². The summed E-state index contributed by atoms with van der Waals surface area (Å²) in [4.78, 5) is 37.5. The highest BCUT2D eigenvalue weighted by molar-refractivity contribution is 6.22. The summed E-state index contributed by atoms with van der Waals surface area (Å²) in [6.45, 7) is -0.343. The summed E-state index contributed by atoms with van der Waals surface area (Å²) in [5, 5.41) is 2.00. The number of ketones is 2. The first-order chi connectivity index (χ1) is 14.6. The van der Waals surface area contributed by atoms with Crippen LogP contribution in [0.4, 0.5) is 0 Å². The van der Waals surface area contributed by atoms with Crippen molar-refractivity contribution in [2.24, 2.45) is 0 Å². The van der Waals surface area contributed by atoms with Gasteiger partial charge in [-0.05, 0) is 46.2 Å². The van der Waals surface area contributed by atoms with Gasteiger partial charge in [-0.15, -0.1) is 0 Å². The van der Waals surface area contributed by atoms with Crippen LogP contribution in [0.3, 0.4) is 0 Å². The Morgan fingerprint density at radius 2 is 1.30 bits per heavy atom. The molecule has 0 bridgehead atoms. The molecule has 30 heavy (non-hydrogen) atoms. The maximum absolute atomic E-state index is 12.5. The molecule has 0 spiro atoms. The Morgan fingerprint density at radius 3 is 2.13 bits per heavy atom. The lowest BCUT2D eigenvalue weighted by Gasteiger charge is -2.07. The van der Waals surface area contributed by atoms with Crippen LogP contribution in [0, 0.1) is 0 Å². The zero-order valence-corrected chi connectivity index (χ0v) is 15.9. The van der Waals surface area contributed by atoms with Crippen molar-refractivity contribution in [2.75, 3.05) is 6.61 Å². The fraction of sp³-hybridized carbons (Fsp3) is 0.0385. The van der Waals surface area contributed by atoms with Crippen molar-refractivity contribution in [3.05, 3.63) is 107 Å². The number of carbonyl (C=O) groups excluding carboxylic acids is 3. The third kappa shape index (κ3) is 2.99. The highest BCUT2D eigenvalue weighted by Gasteiger charge is 2.27. The van der Waals surface area contributed by atoms with E-state index in [-0.39, 0.29) is 18.2 Å². The van der Waals surface area contributed by atoms with Gasteiger partial charge in [-0.25, -0.2) is 4.79 Å². The molecule has 4 aromatic carbocycles. The first-order valence-electron chi connectivity index (χ1n) is 9.59. The van der Waals surface area contributed by atoms with Crippen LogP contribution in [0.5, 0.6) is 0 Å². The van der Waals surface area contributed by atoms with Crippen molar-refractivity contribution < 1.29 is 19.1 Å². The predicted molar refractivity (Wildman–Crippen MR) is 114 cm³/mol. The van der Waals surface area contributed by atoms with Crippen LogP contribution in [-0.2, 0) is 4.74 Å². The predicted octanol–water partition coefficient (Wildman–Crippen LogP) is 5.09.